The van der Waals surface area contributed by atoms with E-state index in [9.17, 15) is 9.18 Å². The molecule has 3 nitrogen and oxygen atoms in total. The first-order chi connectivity index (χ1) is 9.15. The topological polar surface area (TPSA) is 37.3 Å². The lowest BCUT2D eigenvalue weighted by atomic mass is 10.1. The Kier molecular flexibility index (Phi) is 3.11. The SMILES string of the molecule is Cc1[nH]c2ccc(F)cc2c(=O)c1C[NH+]1CCCC1. The van der Waals surface area contributed by atoms with Gasteiger partial charge in [0.25, 0.3) is 0 Å². The molecule has 1 fully saturated rings. The second kappa shape index (κ2) is 4.78. The number of aromatic nitrogens is 1. The molecule has 19 heavy (non-hydrogen) atoms. The Morgan fingerprint density at radius 3 is 2.79 bits per heavy atom. The van der Waals surface area contributed by atoms with Gasteiger partial charge in [-0.15, -0.1) is 0 Å². The first-order valence-electron chi connectivity index (χ1n) is 6.80. The van der Waals surface area contributed by atoms with Gasteiger partial charge in [0, 0.05) is 29.4 Å². The molecule has 100 valence electrons. The van der Waals surface area contributed by atoms with E-state index in [0.29, 0.717) is 10.9 Å². The molecular formula is C15H18FN2O+. The van der Waals surface area contributed by atoms with Gasteiger partial charge in [0.15, 0.2) is 5.43 Å². The Hall–Kier alpha value is -1.68. The normalized spacial score (nSPS) is 16.3. The van der Waals surface area contributed by atoms with Crippen molar-refractivity contribution in [3.05, 3.63) is 45.5 Å². The third kappa shape index (κ3) is 2.28. The van der Waals surface area contributed by atoms with E-state index in [2.05, 4.69) is 4.98 Å². The van der Waals surface area contributed by atoms with Crippen LogP contribution >= 0.6 is 0 Å². The quantitative estimate of drug-likeness (QED) is 0.836. The van der Waals surface area contributed by atoms with Crippen LogP contribution < -0.4 is 10.3 Å². The van der Waals surface area contributed by atoms with Crippen molar-refractivity contribution in [3.8, 4) is 0 Å². The first kappa shape index (κ1) is 12.4. The Morgan fingerprint density at radius 2 is 2.05 bits per heavy atom. The molecule has 0 saturated carbocycles. The zero-order valence-corrected chi connectivity index (χ0v) is 11.1. The summed E-state index contributed by atoms with van der Waals surface area (Å²) in [5.41, 5.74) is 2.40. The zero-order chi connectivity index (χ0) is 13.4. The summed E-state index contributed by atoms with van der Waals surface area (Å²) in [6.07, 6.45) is 2.46. The highest BCUT2D eigenvalue weighted by Crippen LogP contribution is 2.12. The second-order valence-electron chi connectivity index (χ2n) is 5.38. The Morgan fingerprint density at radius 1 is 1.32 bits per heavy atom. The number of likely N-dealkylation sites (tertiary alicyclic amines) is 1. The average molecular weight is 261 g/mol. The van der Waals surface area contributed by atoms with Crippen LogP contribution in [0.3, 0.4) is 0 Å². The molecule has 1 aliphatic rings. The molecule has 3 rings (SSSR count). The first-order valence-corrected chi connectivity index (χ1v) is 6.80. The highest BCUT2D eigenvalue weighted by Gasteiger charge is 2.19. The fraction of sp³-hybridized carbons (Fsp3) is 0.400. The standard InChI is InChI=1S/C15H17FN2O/c1-10-13(9-18-6-2-3-7-18)15(19)12-8-11(16)4-5-14(12)17-10/h4-5,8H,2-3,6-7,9H2,1H3,(H,17,19)/p+1. The Labute approximate surface area is 111 Å². The minimum Gasteiger partial charge on any atom is -0.358 e. The smallest absolute Gasteiger partial charge is 0.198 e. The number of H-pyrrole nitrogens is 1. The molecule has 1 saturated heterocycles. The van der Waals surface area contributed by atoms with Gasteiger partial charge in [0.05, 0.1) is 18.7 Å². The molecular weight excluding hydrogens is 243 g/mol. The maximum absolute atomic E-state index is 13.3. The van der Waals surface area contributed by atoms with Gasteiger partial charge in [-0.1, -0.05) is 0 Å². The summed E-state index contributed by atoms with van der Waals surface area (Å²) in [7, 11) is 0. The van der Waals surface area contributed by atoms with Crippen molar-refractivity contribution in [3.63, 3.8) is 0 Å². The fourth-order valence-corrected chi connectivity index (χ4v) is 2.94. The number of hydrogen-bond donors (Lipinski definition) is 2. The van der Waals surface area contributed by atoms with Crippen LogP contribution in [0.1, 0.15) is 24.1 Å². The van der Waals surface area contributed by atoms with E-state index in [4.69, 9.17) is 0 Å². The number of hydrogen-bond acceptors (Lipinski definition) is 1. The summed E-state index contributed by atoms with van der Waals surface area (Å²) in [6.45, 7) is 4.92. The molecule has 2 aromatic rings. The number of aromatic amines is 1. The lowest BCUT2D eigenvalue weighted by molar-refractivity contribution is -0.901. The van der Waals surface area contributed by atoms with E-state index < -0.39 is 0 Å². The fourth-order valence-electron chi connectivity index (χ4n) is 2.94. The highest BCUT2D eigenvalue weighted by atomic mass is 19.1. The molecule has 1 aromatic heterocycles. The van der Waals surface area contributed by atoms with Crippen LogP contribution in [0.15, 0.2) is 23.0 Å². The molecule has 0 amide bonds. The minimum atomic E-state index is -0.360. The van der Waals surface area contributed by atoms with Gasteiger partial charge in [-0.25, -0.2) is 4.39 Å². The number of nitrogens with one attached hydrogen (secondary N) is 2. The van der Waals surface area contributed by atoms with Crippen LogP contribution in [0.2, 0.25) is 0 Å². The summed E-state index contributed by atoms with van der Waals surface area (Å²) in [6, 6.07) is 4.34. The van der Waals surface area contributed by atoms with E-state index in [-0.39, 0.29) is 11.2 Å². The van der Waals surface area contributed by atoms with Gasteiger partial charge in [-0.05, 0) is 25.1 Å². The number of pyridine rings is 1. The number of benzene rings is 1. The Bertz CT molecular complexity index is 672. The van der Waals surface area contributed by atoms with Crippen molar-refractivity contribution >= 4 is 10.9 Å². The molecule has 4 heteroatoms. The number of quaternary nitrogens is 1. The molecule has 0 atom stereocenters. The zero-order valence-electron chi connectivity index (χ0n) is 11.1. The van der Waals surface area contributed by atoms with Gasteiger partial charge < -0.3 is 9.88 Å². The van der Waals surface area contributed by atoms with Crippen LogP contribution in [-0.2, 0) is 6.54 Å². The number of aryl methyl sites for hydroxylation is 1. The lowest BCUT2D eigenvalue weighted by Gasteiger charge is -2.14. The lowest BCUT2D eigenvalue weighted by Crippen LogP contribution is -3.08. The summed E-state index contributed by atoms with van der Waals surface area (Å²) < 4.78 is 13.3. The number of halogens is 1. The van der Waals surface area contributed by atoms with E-state index >= 15 is 0 Å². The van der Waals surface area contributed by atoms with Crippen LogP contribution in [0.4, 0.5) is 4.39 Å². The minimum absolute atomic E-state index is 0.0230. The van der Waals surface area contributed by atoms with Gasteiger partial charge in [0.1, 0.15) is 12.4 Å². The molecule has 0 aliphatic carbocycles. The molecule has 2 N–H and O–H groups in total. The predicted molar refractivity (Wildman–Crippen MR) is 72.9 cm³/mol. The van der Waals surface area contributed by atoms with Crippen molar-refractivity contribution in [2.75, 3.05) is 13.1 Å². The third-order valence-corrected chi connectivity index (χ3v) is 4.01. The van der Waals surface area contributed by atoms with Crippen LogP contribution in [0.5, 0.6) is 0 Å². The number of fused-ring (bicyclic) bond motifs is 1. The van der Waals surface area contributed by atoms with Crippen molar-refractivity contribution in [1.82, 2.24) is 4.98 Å². The van der Waals surface area contributed by atoms with E-state index in [1.807, 2.05) is 6.92 Å². The van der Waals surface area contributed by atoms with Crippen molar-refractivity contribution in [2.24, 2.45) is 0 Å². The van der Waals surface area contributed by atoms with E-state index in [1.54, 1.807) is 6.07 Å². The van der Waals surface area contributed by atoms with Crippen molar-refractivity contribution < 1.29 is 9.29 Å². The van der Waals surface area contributed by atoms with Crippen LogP contribution in [0.25, 0.3) is 10.9 Å². The predicted octanol–water partition coefficient (Wildman–Crippen LogP) is 1.15. The van der Waals surface area contributed by atoms with Crippen LogP contribution in [0, 0.1) is 12.7 Å². The molecule has 0 bridgehead atoms. The summed E-state index contributed by atoms with van der Waals surface area (Å²) >= 11 is 0. The van der Waals surface area contributed by atoms with E-state index in [1.165, 1.54) is 29.9 Å². The monoisotopic (exact) mass is 261 g/mol. The molecule has 0 radical (unpaired) electrons. The highest BCUT2D eigenvalue weighted by molar-refractivity contribution is 5.79. The van der Waals surface area contributed by atoms with Crippen molar-refractivity contribution in [1.29, 1.82) is 0 Å². The number of rotatable bonds is 2. The van der Waals surface area contributed by atoms with Gasteiger partial charge in [-0.3, -0.25) is 4.79 Å². The third-order valence-electron chi connectivity index (χ3n) is 4.01. The molecule has 0 spiro atoms. The average Bonchev–Trinajstić information content (AvgIpc) is 2.89. The molecule has 2 heterocycles. The summed E-state index contributed by atoms with van der Waals surface area (Å²) in [4.78, 5) is 17.2. The van der Waals surface area contributed by atoms with E-state index in [0.717, 1.165) is 30.9 Å². The molecule has 1 aromatic carbocycles. The van der Waals surface area contributed by atoms with Crippen molar-refractivity contribution in [2.45, 2.75) is 26.3 Å². The Balaban J connectivity index is 2.10. The maximum Gasteiger partial charge on any atom is 0.198 e. The van der Waals surface area contributed by atoms with Crippen LogP contribution in [-0.4, -0.2) is 18.1 Å². The maximum atomic E-state index is 13.3. The van der Waals surface area contributed by atoms with Gasteiger partial charge >= 0.3 is 0 Å². The summed E-state index contributed by atoms with van der Waals surface area (Å²) in [5, 5.41) is 0.458. The van der Waals surface area contributed by atoms with Gasteiger partial charge in [0.2, 0.25) is 0 Å². The summed E-state index contributed by atoms with van der Waals surface area (Å²) in [5.74, 6) is -0.360. The van der Waals surface area contributed by atoms with Gasteiger partial charge in [-0.2, -0.15) is 0 Å². The largest absolute Gasteiger partial charge is 0.358 e. The molecule has 0 unspecified atom stereocenters. The second-order valence-corrected chi connectivity index (χ2v) is 5.38. The molecule has 1 aliphatic heterocycles.